The molecular formula is C16H16N2O3. The zero-order chi connectivity index (χ0) is 15.2. The number of nitrogens with one attached hydrogen (secondary N) is 2. The summed E-state index contributed by atoms with van der Waals surface area (Å²) in [6.07, 6.45) is 0. The maximum absolute atomic E-state index is 11.8. The zero-order valence-corrected chi connectivity index (χ0v) is 11.5. The quantitative estimate of drug-likeness (QED) is 0.807. The molecule has 0 heterocycles. The van der Waals surface area contributed by atoms with Crippen molar-refractivity contribution in [3.8, 4) is 11.1 Å². The first-order valence-corrected chi connectivity index (χ1v) is 6.52. The molecule has 0 aliphatic heterocycles. The Morgan fingerprint density at radius 2 is 1.62 bits per heavy atom. The fraction of sp³-hybridized carbons (Fsp3) is 0.125. The van der Waals surface area contributed by atoms with Crippen LogP contribution in [0, 0.1) is 0 Å². The van der Waals surface area contributed by atoms with Gasteiger partial charge in [0.25, 0.3) is 0 Å². The van der Waals surface area contributed by atoms with Gasteiger partial charge in [0, 0.05) is 5.56 Å². The van der Waals surface area contributed by atoms with Gasteiger partial charge >= 0.3 is 12.0 Å². The van der Waals surface area contributed by atoms with E-state index in [-0.39, 0.29) is 0 Å². The van der Waals surface area contributed by atoms with Crippen LogP contribution < -0.4 is 10.6 Å². The summed E-state index contributed by atoms with van der Waals surface area (Å²) in [6.45, 7) is 1.41. The van der Waals surface area contributed by atoms with E-state index in [1.165, 1.54) is 6.92 Å². The van der Waals surface area contributed by atoms with E-state index in [0.29, 0.717) is 5.69 Å². The predicted molar refractivity (Wildman–Crippen MR) is 81.1 cm³/mol. The third-order valence-electron chi connectivity index (χ3n) is 2.98. The number of hydrogen-bond donors (Lipinski definition) is 3. The largest absolute Gasteiger partial charge is 0.480 e. The Hall–Kier alpha value is -2.82. The van der Waals surface area contributed by atoms with Gasteiger partial charge in [-0.05, 0) is 18.6 Å². The van der Waals surface area contributed by atoms with E-state index in [9.17, 15) is 9.59 Å². The summed E-state index contributed by atoms with van der Waals surface area (Å²) in [5.74, 6) is -1.08. The van der Waals surface area contributed by atoms with Crippen molar-refractivity contribution in [2.45, 2.75) is 13.0 Å². The maximum atomic E-state index is 11.8. The maximum Gasteiger partial charge on any atom is 0.325 e. The number of anilines is 1. The van der Waals surface area contributed by atoms with Crippen molar-refractivity contribution in [1.82, 2.24) is 5.32 Å². The number of carbonyl (C=O) groups is 2. The van der Waals surface area contributed by atoms with Crippen LogP contribution >= 0.6 is 0 Å². The molecule has 2 aromatic rings. The molecular weight excluding hydrogens is 268 g/mol. The van der Waals surface area contributed by atoms with Gasteiger partial charge in [-0.25, -0.2) is 4.79 Å². The lowest BCUT2D eigenvalue weighted by molar-refractivity contribution is -0.138. The van der Waals surface area contributed by atoms with Crippen molar-refractivity contribution >= 4 is 17.7 Å². The Morgan fingerprint density at radius 3 is 2.29 bits per heavy atom. The zero-order valence-electron chi connectivity index (χ0n) is 11.5. The average molecular weight is 284 g/mol. The first kappa shape index (κ1) is 14.6. The number of carboxylic acid groups (broad SMARTS) is 1. The smallest absolute Gasteiger partial charge is 0.325 e. The summed E-state index contributed by atoms with van der Waals surface area (Å²) in [4.78, 5) is 22.6. The minimum atomic E-state index is -1.08. The molecule has 0 saturated carbocycles. The highest BCUT2D eigenvalue weighted by Crippen LogP contribution is 2.27. The third kappa shape index (κ3) is 3.82. The van der Waals surface area contributed by atoms with Crippen LogP contribution in [-0.4, -0.2) is 23.1 Å². The monoisotopic (exact) mass is 284 g/mol. The molecule has 0 aliphatic carbocycles. The van der Waals surface area contributed by atoms with Crippen molar-refractivity contribution in [2.75, 3.05) is 5.32 Å². The molecule has 5 nitrogen and oxygen atoms in total. The predicted octanol–water partition coefficient (Wildman–Crippen LogP) is 2.95. The van der Waals surface area contributed by atoms with Crippen LogP contribution in [-0.2, 0) is 4.79 Å². The average Bonchev–Trinajstić information content (AvgIpc) is 2.48. The van der Waals surface area contributed by atoms with Crippen molar-refractivity contribution in [1.29, 1.82) is 0 Å². The summed E-state index contributed by atoms with van der Waals surface area (Å²) < 4.78 is 0. The lowest BCUT2D eigenvalue weighted by atomic mass is 10.0. The van der Waals surface area contributed by atoms with Gasteiger partial charge < -0.3 is 15.7 Å². The standard InChI is InChI=1S/C16H16N2O3/c1-11(15(19)20)17-16(21)18-14-10-6-5-9-13(14)12-7-3-2-4-8-12/h2-11H,1H3,(H,19,20)(H2,17,18,21). The van der Waals surface area contributed by atoms with E-state index in [1.807, 2.05) is 48.5 Å². The Labute approximate surface area is 122 Å². The van der Waals surface area contributed by atoms with Gasteiger partial charge in [0.2, 0.25) is 0 Å². The van der Waals surface area contributed by atoms with Gasteiger partial charge in [-0.3, -0.25) is 4.79 Å². The van der Waals surface area contributed by atoms with E-state index in [1.54, 1.807) is 6.07 Å². The van der Waals surface area contributed by atoms with E-state index in [4.69, 9.17) is 5.11 Å². The lowest BCUT2D eigenvalue weighted by Gasteiger charge is -2.14. The Kier molecular flexibility index (Phi) is 4.56. The molecule has 2 aromatic carbocycles. The minimum absolute atomic E-state index is 0.548. The van der Waals surface area contributed by atoms with Gasteiger partial charge in [0.1, 0.15) is 6.04 Å². The first-order chi connectivity index (χ1) is 10.1. The molecule has 1 unspecified atom stereocenters. The van der Waals surface area contributed by atoms with Crippen molar-refractivity contribution in [3.05, 3.63) is 54.6 Å². The van der Waals surface area contributed by atoms with Gasteiger partial charge in [0.05, 0.1) is 5.69 Å². The molecule has 3 N–H and O–H groups in total. The molecule has 0 fully saturated rings. The van der Waals surface area contributed by atoms with Crippen LogP contribution in [0.15, 0.2) is 54.6 Å². The summed E-state index contributed by atoms with van der Waals surface area (Å²) in [6, 6.07) is 15.5. The van der Waals surface area contributed by atoms with Gasteiger partial charge in [-0.2, -0.15) is 0 Å². The molecule has 0 aromatic heterocycles. The Bertz CT molecular complexity index is 641. The molecule has 21 heavy (non-hydrogen) atoms. The topological polar surface area (TPSA) is 78.4 Å². The van der Waals surface area contributed by atoms with Crippen LogP contribution in [0.4, 0.5) is 10.5 Å². The number of urea groups is 1. The normalized spacial score (nSPS) is 11.5. The summed E-state index contributed by atoms with van der Waals surface area (Å²) in [7, 11) is 0. The van der Waals surface area contributed by atoms with Gasteiger partial charge in [-0.15, -0.1) is 0 Å². The second-order valence-corrected chi connectivity index (χ2v) is 4.57. The van der Waals surface area contributed by atoms with Crippen LogP contribution in [0.1, 0.15) is 6.92 Å². The fourth-order valence-corrected chi connectivity index (χ4v) is 1.88. The third-order valence-corrected chi connectivity index (χ3v) is 2.98. The molecule has 2 rings (SSSR count). The molecule has 2 amide bonds. The highest BCUT2D eigenvalue weighted by Gasteiger charge is 2.14. The molecule has 5 heteroatoms. The molecule has 0 saturated heterocycles. The van der Waals surface area contributed by atoms with Crippen molar-refractivity contribution < 1.29 is 14.7 Å². The number of aliphatic carboxylic acids is 1. The van der Waals surface area contributed by atoms with Crippen LogP contribution in [0.25, 0.3) is 11.1 Å². The van der Waals surface area contributed by atoms with E-state index in [0.717, 1.165) is 11.1 Å². The van der Waals surface area contributed by atoms with Gasteiger partial charge in [0.15, 0.2) is 0 Å². The number of carboxylic acids is 1. The molecule has 0 radical (unpaired) electrons. The number of rotatable bonds is 4. The molecule has 0 spiro atoms. The first-order valence-electron chi connectivity index (χ1n) is 6.52. The summed E-state index contributed by atoms with van der Waals surface area (Å²) >= 11 is 0. The Balaban J connectivity index is 2.18. The number of para-hydroxylation sites is 1. The number of benzene rings is 2. The minimum Gasteiger partial charge on any atom is -0.480 e. The van der Waals surface area contributed by atoms with E-state index >= 15 is 0 Å². The number of hydrogen-bond acceptors (Lipinski definition) is 2. The fourth-order valence-electron chi connectivity index (χ4n) is 1.88. The summed E-state index contributed by atoms with van der Waals surface area (Å²) in [5.41, 5.74) is 2.47. The van der Waals surface area contributed by atoms with Crippen LogP contribution in [0.5, 0.6) is 0 Å². The number of amides is 2. The highest BCUT2D eigenvalue weighted by molar-refractivity contribution is 5.96. The second-order valence-electron chi connectivity index (χ2n) is 4.57. The second kappa shape index (κ2) is 6.56. The Morgan fingerprint density at radius 1 is 1.00 bits per heavy atom. The molecule has 108 valence electrons. The molecule has 0 bridgehead atoms. The number of carbonyl (C=O) groups excluding carboxylic acids is 1. The molecule has 0 aliphatic rings. The lowest BCUT2D eigenvalue weighted by Crippen LogP contribution is -2.40. The van der Waals surface area contributed by atoms with E-state index in [2.05, 4.69) is 10.6 Å². The SMILES string of the molecule is CC(NC(=O)Nc1ccccc1-c1ccccc1)C(=O)O. The van der Waals surface area contributed by atoms with Crippen LogP contribution in [0.3, 0.4) is 0 Å². The van der Waals surface area contributed by atoms with Gasteiger partial charge in [-0.1, -0.05) is 48.5 Å². The van der Waals surface area contributed by atoms with Crippen molar-refractivity contribution in [3.63, 3.8) is 0 Å². The van der Waals surface area contributed by atoms with Crippen LogP contribution in [0.2, 0.25) is 0 Å². The van der Waals surface area contributed by atoms with Crippen molar-refractivity contribution in [2.24, 2.45) is 0 Å². The molecule has 1 atom stereocenters. The highest BCUT2D eigenvalue weighted by atomic mass is 16.4. The van der Waals surface area contributed by atoms with E-state index < -0.39 is 18.0 Å². The summed E-state index contributed by atoms with van der Waals surface area (Å²) in [5, 5.41) is 13.8.